The van der Waals surface area contributed by atoms with Gasteiger partial charge in [0.1, 0.15) is 0 Å². The number of hydrogen-bond acceptors (Lipinski definition) is 3. The summed E-state index contributed by atoms with van der Waals surface area (Å²) in [4.78, 5) is 0. The molecule has 0 spiro atoms. The molecule has 1 saturated heterocycles. The van der Waals surface area contributed by atoms with Gasteiger partial charge in [-0.3, -0.25) is 0 Å². The molecule has 1 aliphatic rings. The summed E-state index contributed by atoms with van der Waals surface area (Å²) < 4.78 is 6.42. The van der Waals surface area contributed by atoms with Gasteiger partial charge in [-0.05, 0) is 29.7 Å². The predicted molar refractivity (Wildman–Crippen MR) is 88.0 cm³/mol. The summed E-state index contributed by atoms with van der Waals surface area (Å²) in [7, 11) is 1.74. The first-order valence-corrected chi connectivity index (χ1v) is 8.57. The Morgan fingerprint density at radius 1 is 1.47 bits per heavy atom. The second-order valence-corrected chi connectivity index (χ2v) is 7.81. The van der Waals surface area contributed by atoms with E-state index in [0.717, 1.165) is 4.47 Å². The van der Waals surface area contributed by atoms with Gasteiger partial charge in [-0.15, -0.1) is 0 Å². The van der Waals surface area contributed by atoms with Crippen LogP contribution >= 0.6 is 27.7 Å². The molecule has 0 aromatic heterocycles. The van der Waals surface area contributed by atoms with Crippen molar-refractivity contribution >= 4 is 33.4 Å². The number of methoxy groups -OCH3 is 1. The third kappa shape index (κ3) is 4.14. The quantitative estimate of drug-likeness (QED) is 0.867. The summed E-state index contributed by atoms with van der Waals surface area (Å²) in [6.07, 6.45) is 1.22. The minimum Gasteiger partial charge on any atom is -0.381 e. The van der Waals surface area contributed by atoms with E-state index >= 15 is 0 Å². The van der Waals surface area contributed by atoms with E-state index in [1.165, 1.54) is 29.2 Å². The third-order valence-corrected chi connectivity index (χ3v) is 5.74. The Kier molecular flexibility index (Phi) is 5.21. The van der Waals surface area contributed by atoms with Crippen molar-refractivity contribution in [3.63, 3.8) is 0 Å². The van der Waals surface area contributed by atoms with Crippen LogP contribution in [-0.2, 0) is 11.3 Å². The van der Waals surface area contributed by atoms with Gasteiger partial charge in [-0.25, -0.2) is 0 Å². The zero-order chi connectivity index (χ0) is 13.9. The Morgan fingerprint density at radius 3 is 2.95 bits per heavy atom. The number of hydrogen-bond donors (Lipinski definition) is 1. The number of ether oxygens (including phenoxy) is 1. The van der Waals surface area contributed by atoms with Gasteiger partial charge in [-0.2, -0.15) is 11.8 Å². The van der Waals surface area contributed by atoms with Crippen molar-refractivity contribution in [1.82, 2.24) is 0 Å². The molecule has 0 amide bonds. The van der Waals surface area contributed by atoms with E-state index < -0.39 is 0 Å². The van der Waals surface area contributed by atoms with Crippen LogP contribution in [0.15, 0.2) is 22.7 Å². The van der Waals surface area contributed by atoms with Crippen molar-refractivity contribution < 1.29 is 4.74 Å². The highest BCUT2D eigenvalue weighted by Crippen LogP contribution is 2.35. The fourth-order valence-corrected chi connectivity index (χ4v) is 4.31. The number of anilines is 1. The number of benzene rings is 1. The molecule has 106 valence electrons. The van der Waals surface area contributed by atoms with Gasteiger partial charge in [0.05, 0.1) is 6.61 Å². The van der Waals surface area contributed by atoms with E-state index in [9.17, 15) is 0 Å². The molecule has 1 heterocycles. The molecule has 1 aliphatic heterocycles. The van der Waals surface area contributed by atoms with Gasteiger partial charge >= 0.3 is 0 Å². The van der Waals surface area contributed by atoms with Gasteiger partial charge in [0.25, 0.3) is 0 Å². The standard InChI is InChI=1S/C15H22BrNOS/c1-15(2)7-11(9-19-10-15)17-14-6-4-5-13(16)12(14)8-18-3/h4-6,11,17H,7-10H2,1-3H3. The van der Waals surface area contributed by atoms with E-state index in [1.54, 1.807) is 7.11 Å². The molecule has 1 atom stereocenters. The summed E-state index contributed by atoms with van der Waals surface area (Å²) in [5.41, 5.74) is 2.83. The topological polar surface area (TPSA) is 21.3 Å². The zero-order valence-electron chi connectivity index (χ0n) is 11.8. The van der Waals surface area contributed by atoms with Crippen molar-refractivity contribution in [1.29, 1.82) is 0 Å². The molecule has 2 nitrogen and oxygen atoms in total. The molecular weight excluding hydrogens is 322 g/mol. The molecule has 0 radical (unpaired) electrons. The summed E-state index contributed by atoms with van der Waals surface area (Å²) in [5, 5.41) is 3.70. The molecule has 1 aromatic rings. The van der Waals surface area contributed by atoms with Crippen LogP contribution in [0.25, 0.3) is 0 Å². The lowest BCUT2D eigenvalue weighted by molar-refractivity contribution is 0.185. The highest BCUT2D eigenvalue weighted by Gasteiger charge is 2.28. The van der Waals surface area contributed by atoms with Crippen molar-refractivity contribution in [3.8, 4) is 0 Å². The molecular formula is C15H22BrNOS. The lowest BCUT2D eigenvalue weighted by Crippen LogP contribution is -2.35. The highest BCUT2D eigenvalue weighted by molar-refractivity contribution is 9.10. The molecule has 1 N–H and O–H groups in total. The summed E-state index contributed by atoms with van der Waals surface area (Å²) in [6, 6.07) is 6.83. The lowest BCUT2D eigenvalue weighted by Gasteiger charge is -2.36. The number of rotatable bonds is 4. The largest absolute Gasteiger partial charge is 0.381 e. The van der Waals surface area contributed by atoms with Crippen molar-refractivity contribution in [3.05, 3.63) is 28.2 Å². The zero-order valence-corrected chi connectivity index (χ0v) is 14.2. The highest BCUT2D eigenvalue weighted by atomic mass is 79.9. The van der Waals surface area contributed by atoms with E-state index in [4.69, 9.17) is 4.74 Å². The molecule has 1 aromatic carbocycles. The lowest BCUT2D eigenvalue weighted by atomic mass is 9.87. The first kappa shape index (κ1) is 15.2. The van der Waals surface area contributed by atoms with Crippen LogP contribution < -0.4 is 5.32 Å². The van der Waals surface area contributed by atoms with E-state index in [-0.39, 0.29) is 0 Å². The molecule has 1 fully saturated rings. The van der Waals surface area contributed by atoms with Gasteiger partial charge in [0.2, 0.25) is 0 Å². The van der Waals surface area contributed by atoms with Gasteiger partial charge < -0.3 is 10.1 Å². The maximum Gasteiger partial charge on any atom is 0.0744 e. The van der Waals surface area contributed by atoms with Crippen LogP contribution in [0.5, 0.6) is 0 Å². The van der Waals surface area contributed by atoms with Crippen LogP contribution in [0.3, 0.4) is 0 Å². The van der Waals surface area contributed by atoms with Crippen molar-refractivity contribution in [2.45, 2.75) is 32.9 Å². The normalized spacial score (nSPS) is 22.2. The average Bonchev–Trinajstić information content (AvgIpc) is 2.32. The predicted octanol–water partition coefficient (Wildman–Crippen LogP) is 4.54. The maximum absolute atomic E-state index is 5.30. The molecule has 1 unspecified atom stereocenters. The second-order valence-electron chi connectivity index (χ2n) is 5.92. The van der Waals surface area contributed by atoms with Crippen LogP contribution in [0, 0.1) is 5.41 Å². The van der Waals surface area contributed by atoms with Crippen LogP contribution in [-0.4, -0.2) is 24.7 Å². The number of thioether (sulfide) groups is 1. The SMILES string of the molecule is COCc1c(Br)cccc1NC1CSCC(C)(C)C1. The Hall–Kier alpha value is -0.190. The van der Waals surface area contributed by atoms with E-state index in [2.05, 4.69) is 53.3 Å². The minimum absolute atomic E-state index is 0.425. The number of halogens is 1. The second kappa shape index (κ2) is 6.51. The van der Waals surface area contributed by atoms with Gasteiger partial charge in [0.15, 0.2) is 0 Å². The fourth-order valence-electron chi connectivity index (χ4n) is 2.56. The van der Waals surface area contributed by atoms with E-state index in [0.29, 0.717) is 18.1 Å². The molecule has 0 bridgehead atoms. The smallest absolute Gasteiger partial charge is 0.0744 e. The first-order valence-electron chi connectivity index (χ1n) is 6.62. The Morgan fingerprint density at radius 2 is 2.26 bits per heavy atom. The van der Waals surface area contributed by atoms with Crippen molar-refractivity contribution in [2.24, 2.45) is 5.41 Å². The van der Waals surface area contributed by atoms with Gasteiger partial charge in [-0.1, -0.05) is 35.8 Å². The van der Waals surface area contributed by atoms with E-state index in [1.807, 2.05) is 11.8 Å². The molecule has 2 rings (SSSR count). The molecule has 19 heavy (non-hydrogen) atoms. The Bertz CT molecular complexity index is 436. The van der Waals surface area contributed by atoms with Crippen LogP contribution in [0.2, 0.25) is 0 Å². The van der Waals surface area contributed by atoms with Crippen molar-refractivity contribution in [2.75, 3.05) is 23.9 Å². The summed E-state index contributed by atoms with van der Waals surface area (Å²) >= 11 is 5.66. The van der Waals surface area contributed by atoms with Crippen LogP contribution in [0.1, 0.15) is 25.8 Å². The Balaban J connectivity index is 2.12. The summed E-state index contributed by atoms with van der Waals surface area (Å²) in [6.45, 7) is 5.34. The maximum atomic E-state index is 5.30. The first-order chi connectivity index (χ1) is 9.02. The molecule has 4 heteroatoms. The average molecular weight is 344 g/mol. The fraction of sp³-hybridized carbons (Fsp3) is 0.600. The number of nitrogens with one attached hydrogen (secondary N) is 1. The Labute approximate surface area is 128 Å². The molecule has 0 saturated carbocycles. The van der Waals surface area contributed by atoms with Crippen LogP contribution in [0.4, 0.5) is 5.69 Å². The molecule has 0 aliphatic carbocycles. The third-order valence-electron chi connectivity index (χ3n) is 3.38. The summed E-state index contributed by atoms with van der Waals surface area (Å²) in [5.74, 6) is 2.44. The minimum atomic E-state index is 0.425. The van der Waals surface area contributed by atoms with Gasteiger partial charge in [0, 0.05) is 34.6 Å². The monoisotopic (exact) mass is 343 g/mol.